The number of hydrogen-bond acceptors (Lipinski definition) is 5. The number of Topliss-reactive ketones (excluding diaryl/α,β-unsaturated/α-hetero) is 1. The number of carbonyl (C=O) groups excluding carboxylic acids is 2. The first-order valence-electron chi connectivity index (χ1n) is 3.81. The molecule has 0 bridgehead atoms. The number of amides is 1. The molecule has 0 atom stereocenters. The molecular weight excluding hydrogens is 174 g/mol. The lowest BCUT2D eigenvalue weighted by Gasteiger charge is -2.08. The van der Waals surface area contributed by atoms with Crippen molar-refractivity contribution >= 4 is 17.6 Å². The highest BCUT2D eigenvalue weighted by Crippen LogP contribution is 2.00. The minimum absolute atomic E-state index is 0.254. The lowest BCUT2D eigenvalue weighted by Crippen LogP contribution is -2.27. The number of ether oxygens (including phenoxy) is 1. The minimum Gasteiger partial charge on any atom is -0.473 e. The van der Waals surface area contributed by atoms with Gasteiger partial charge in [0.1, 0.15) is 0 Å². The highest BCUT2D eigenvalue weighted by Gasteiger charge is 2.25. The fourth-order valence-electron chi connectivity index (χ4n) is 0.626. The van der Waals surface area contributed by atoms with Crippen LogP contribution in [0.15, 0.2) is 15.4 Å². The van der Waals surface area contributed by atoms with Crippen LogP contribution >= 0.6 is 0 Å². The summed E-state index contributed by atoms with van der Waals surface area (Å²) in [6.45, 7) is 4.15. The Balaban J connectivity index is 2.59. The maximum Gasteiger partial charge on any atom is 0.343 e. The molecule has 0 aromatic heterocycles. The fraction of sp³-hybridized carbons (Fsp3) is 0.571. The molecular formula is C7H9N3O3. The second-order valence-corrected chi connectivity index (χ2v) is 2.93. The van der Waals surface area contributed by atoms with Crippen LogP contribution < -0.4 is 0 Å². The van der Waals surface area contributed by atoms with Gasteiger partial charge in [0.25, 0.3) is 5.90 Å². The Morgan fingerprint density at radius 1 is 1.38 bits per heavy atom. The lowest BCUT2D eigenvalue weighted by atomic mass is 10.2. The highest BCUT2D eigenvalue weighted by atomic mass is 16.5. The van der Waals surface area contributed by atoms with Crippen LogP contribution in [0.5, 0.6) is 0 Å². The van der Waals surface area contributed by atoms with E-state index in [0.29, 0.717) is 6.61 Å². The van der Waals surface area contributed by atoms with Crippen molar-refractivity contribution in [3.63, 3.8) is 0 Å². The molecule has 0 radical (unpaired) electrons. The molecule has 6 nitrogen and oxygen atoms in total. The Morgan fingerprint density at radius 2 is 2.08 bits per heavy atom. The molecule has 13 heavy (non-hydrogen) atoms. The van der Waals surface area contributed by atoms with E-state index in [1.165, 1.54) is 0 Å². The summed E-state index contributed by atoms with van der Waals surface area (Å²) < 4.78 is 4.95. The van der Waals surface area contributed by atoms with Crippen LogP contribution in [-0.2, 0) is 14.3 Å². The molecule has 70 valence electrons. The monoisotopic (exact) mass is 183 g/mol. The van der Waals surface area contributed by atoms with Gasteiger partial charge in [-0.15, -0.1) is 0 Å². The molecule has 0 saturated carbocycles. The van der Waals surface area contributed by atoms with E-state index in [9.17, 15) is 9.59 Å². The first-order chi connectivity index (χ1) is 6.11. The van der Waals surface area contributed by atoms with Crippen molar-refractivity contribution in [1.29, 1.82) is 0 Å². The number of ketones is 1. The first kappa shape index (κ1) is 9.50. The minimum atomic E-state index is -0.936. The van der Waals surface area contributed by atoms with E-state index >= 15 is 0 Å². The van der Waals surface area contributed by atoms with E-state index in [1.54, 1.807) is 0 Å². The second-order valence-electron chi connectivity index (χ2n) is 2.93. The van der Waals surface area contributed by atoms with Crippen molar-refractivity contribution < 1.29 is 14.3 Å². The predicted molar refractivity (Wildman–Crippen MR) is 43.1 cm³/mol. The average molecular weight is 183 g/mol. The normalized spacial score (nSPS) is 16.4. The van der Waals surface area contributed by atoms with Crippen LogP contribution in [0, 0.1) is 5.92 Å². The lowest BCUT2D eigenvalue weighted by molar-refractivity contribution is -0.133. The SMILES string of the molecule is CC(C)COC1=NN=NC(=O)C1=O. The highest BCUT2D eigenvalue weighted by molar-refractivity contribution is 6.63. The van der Waals surface area contributed by atoms with Crippen molar-refractivity contribution in [2.75, 3.05) is 6.61 Å². The van der Waals surface area contributed by atoms with Gasteiger partial charge in [0.2, 0.25) is 0 Å². The van der Waals surface area contributed by atoms with Crippen molar-refractivity contribution in [1.82, 2.24) is 0 Å². The van der Waals surface area contributed by atoms with Gasteiger partial charge in [-0.3, -0.25) is 9.59 Å². The van der Waals surface area contributed by atoms with Crippen molar-refractivity contribution in [3.05, 3.63) is 0 Å². The van der Waals surface area contributed by atoms with Crippen LogP contribution in [0.3, 0.4) is 0 Å². The maximum absolute atomic E-state index is 11.0. The topological polar surface area (TPSA) is 80.5 Å². The zero-order chi connectivity index (χ0) is 9.84. The third kappa shape index (κ3) is 2.43. The molecule has 0 fully saturated rings. The van der Waals surface area contributed by atoms with Crippen LogP contribution in [0.1, 0.15) is 13.8 Å². The van der Waals surface area contributed by atoms with Crippen molar-refractivity contribution in [2.45, 2.75) is 13.8 Å². The Kier molecular flexibility index (Phi) is 2.84. The van der Waals surface area contributed by atoms with Gasteiger partial charge in [-0.1, -0.05) is 24.1 Å². The summed E-state index contributed by atoms with van der Waals surface area (Å²) in [6.07, 6.45) is 0. The third-order valence-corrected chi connectivity index (χ3v) is 1.21. The van der Waals surface area contributed by atoms with Gasteiger partial charge >= 0.3 is 11.7 Å². The summed E-state index contributed by atoms with van der Waals surface area (Å²) in [5, 5.41) is 9.36. The van der Waals surface area contributed by atoms with Crippen molar-refractivity contribution in [3.8, 4) is 0 Å². The van der Waals surface area contributed by atoms with Gasteiger partial charge in [-0.2, -0.15) is 0 Å². The van der Waals surface area contributed by atoms with Gasteiger partial charge in [-0.25, -0.2) is 0 Å². The largest absolute Gasteiger partial charge is 0.473 e. The predicted octanol–water partition coefficient (Wildman–Crippen LogP) is 0.534. The van der Waals surface area contributed by atoms with E-state index in [1.807, 2.05) is 13.8 Å². The Labute approximate surface area is 74.7 Å². The Bertz CT molecular complexity index is 293. The summed E-state index contributed by atoms with van der Waals surface area (Å²) in [5.41, 5.74) is 0. The standard InChI is InChI=1S/C7H9N3O3/c1-4(2)3-13-7-5(11)6(12)8-10-9-7/h4H,3H2,1-2H3. The van der Waals surface area contributed by atoms with E-state index in [2.05, 4.69) is 15.4 Å². The molecule has 1 heterocycles. The summed E-state index contributed by atoms with van der Waals surface area (Å²) >= 11 is 0. The van der Waals surface area contributed by atoms with E-state index in [-0.39, 0.29) is 11.8 Å². The zero-order valence-electron chi connectivity index (χ0n) is 7.35. The molecule has 0 aromatic carbocycles. The van der Waals surface area contributed by atoms with Crippen molar-refractivity contribution in [2.24, 2.45) is 21.4 Å². The molecule has 1 amide bonds. The summed E-state index contributed by atoms with van der Waals surface area (Å²) in [4.78, 5) is 21.7. The summed E-state index contributed by atoms with van der Waals surface area (Å²) in [5.74, 6) is -1.79. The summed E-state index contributed by atoms with van der Waals surface area (Å²) in [6, 6.07) is 0. The van der Waals surface area contributed by atoms with Crippen LogP contribution in [0.4, 0.5) is 0 Å². The second kappa shape index (κ2) is 3.88. The van der Waals surface area contributed by atoms with E-state index in [0.717, 1.165) is 0 Å². The molecule has 0 saturated heterocycles. The molecule has 1 rings (SSSR count). The molecule has 0 N–H and O–H groups in total. The molecule has 1 aliphatic rings. The van der Waals surface area contributed by atoms with Gasteiger partial charge in [0, 0.05) is 0 Å². The Morgan fingerprint density at radius 3 is 2.69 bits per heavy atom. The molecule has 6 heteroatoms. The van der Waals surface area contributed by atoms with E-state index < -0.39 is 11.7 Å². The Hall–Kier alpha value is -1.59. The van der Waals surface area contributed by atoms with Crippen LogP contribution in [0.25, 0.3) is 0 Å². The smallest absolute Gasteiger partial charge is 0.343 e. The zero-order valence-corrected chi connectivity index (χ0v) is 7.35. The summed E-state index contributed by atoms with van der Waals surface area (Å²) in [7, 11) is 0. The molecule has 0 aromatic rings. The molecule has 1 aliphatic heterocycles. The van der Waals surface area contributed by atoms with Gasteiger partial charge in [0.05, 0.1) is 6.61 Å². The number of nitrogens with zero attached hydrogens (tertiary/aromatic N) is 3. The quantitative estimate of drug-likeness (QED) is 0.585. The average Bonchev–Trinajstić information content (AvgIpc) is 2.07. The molecule has 0 spiro atoms. The van der Waals surface area contributed by atoms with Crippen LogP contribution in [-0.4, -0.2) is 24.2 Å². The number of hydrogen-bond donors (Lipinski definition) is 0. The van der Waals surface area contributed by atoms with Crippen LogP contribution in [0.2, 0.25) is 0 Å². The third-order valence-electron chi connectivity index (χ3n) is 1.21. The molecule has 0 unspecified atom stereocenters. The van der Waals surface area contributed by atoms with Gasteiger partial charge in [-0.05, 0) is 11.1 Å². The molecule has 0 aliphatic carbocycles. The van der Waals surface area contributed by atoms with Gasteiger partial charge < -0.3 is 4.74 Å². The fourth-order valence-corrected chi connectivity index (χ4v) is 0.626. The number of carbonyl (C=O) groups is 2. The van der Waals surface area contributed by atoms with Gasteiger partial charge in [0.15, 0.2) is 0 Å². The first-order valence-corrected chi connectivity index (χ1v) is 3.81. The maximum atomic E-state index is 11.0. The van der Waals surface area contributed by atoms with E-state index in [4.69, 9.17) is 4.74 Å². The number of rotatable bonds is 2.